The lowest BCUT2D eigenvalue weighted by Gasteiger charge is -2.38. The molecule has 1 atom stereocenters. The molecule has 1 saturated heterocycles. The van der Waals surface area contributed by atoms with Gasteiger partial charge in [-0.05, 0) is 20.8 Å². The summed E-state index contributed by atoms with van der Waals surface area (Å²) in [6.45, 7) is 5.81. The van der Waals surface area contributed by atoms with Crippen molar-refractivity contribution in [1.29, 1.82) is 0 Å². The highest BCUT2D eigenvalue weighted by Gasteiger charge is 2.34. The van der Waals surface area contributed by atoms with Gasteiger partial charge in [0.2, 0.25) is 0 Å². The number of ether oxygens (including phenoxy) is 2. The van der Waals surface area contributed by atoms with Gasteiger partial charge in [0.05, 0.1) is 25.3 Å². The molecule has 1 aliphatic heterocycles. The van der Waals surface area contributed by atoms with Crippen LogP contribution in [0.1, 0.15) is 20.8 Å². The molecule has 1 heterocycles. The van der Waals surface area contributed by atoms with E-state index >= 15 is 0 Å². The zero-order valence-electron chi connectivity index (χ0n) is 9.67. The van der Waals surface area contributed by atoms with Crippen LogP contribution in [0.2, 0.25) is 0 Å². The first kappa shape index (κ1) is 12.8. The van der Waals surface area contributed by atoms with Crippen LogP contribution >= 0.6 is 0 Å². The van der Waals surface area contributed by atoms with Gasteiger partial charge in [-0.25, -0.2) is 9.59 Å². The zero-order valence-corrected chi connectivity index (χ0v) is 9.67. The fourth-order valence-corrected chi connectivity index (χ4v) is 1.30. The highest BCUT2D eigenvalue weighted by Crippen LogP contribution is 2.15. The SMILES string of the molecule is CC(C)OC(=O)N1CC(OC(C)C(=O)O)C1. The summed E-state index contributed by atoms with van der Waals surface area (Å²) in [5, 5.41) is 8.61. The van der Waals surface area contributed by atoms with Crippen LogP contribution in [0.25, 0.3) is 0 Å². The lowest BCUT2D eigenvalue weighted by atomic mass is 10.2. The summed E-state index contributed by atoms with van der Waals surface area (Å²) in [7, 11) is 0. The van der Waals surface area contributed by atoms with E-state index in [1.54, 1.807) is 13.8 Å². The monoisotopic (exact) mass is 231 g/mol. The maximum atomic E-state index is 11.3. The van der Waals surface area contributed by atoms with Crippen molar-refractivity contribution < 1.29 is 24.2 Å². The Balaban J connectivity index is 2.22. The number of hydrogen-bond donors (Lipinski definition) is 1. The number of carbonyl (C=O) groups is 2. The normalized spacial score (nSPS) is 18.1. The average molecular weight is 231 g/mol. The summed E-state index contributed by atoms with van der Waals surface area (Å²) < 4.78 is 10.2. The third-order valence-corrected chi connectivity index (χ3v) is 2.19. The van der Waals surface area contributed by atoms with Gasteiger partial charge in [0.25, 0.3) is 0 Å². The van der Waals surface area contributed by atoms with Crippen molar-refractivity contribution in [1.82, 2.24) is 4.90 Å². The fourth-order valence-electron chi connectivity index (χ4n) is 1.30. The van der Waals surface area contributed by atoms with E-state index in [2.05, 4.69) is 0 Å². The van der Waals surface area contributed by atoms with Crippen LogP contribution in [0.3, 0.4) is 0 Å². The number of carboxylic acid groups (broad SMARTS) is 1. The van der Waals surface area contributed by atoms with Crippen molar-refractivity contribution in [3.63, 3.8) is 0 Å². The predicted octanol–water partition coefficient (Wildman–Crippen LogP) is 0.705. The van der Waals surface area contributed by atoms with Crippen LogP contribution < -0.4 is 0 Å². The second-order valence-corrected chi connectivity index (χ2v) is 4.08. The third kappa shape index (κ3) is 3.37. The Morgan fingerprint density at radius 1 is 1.31 bits per heavy atom. The van der Waals surface area contributed by atoms with Crippen LogP contribution in [-0.4, -0.2) is 53.5 Å². The molecule has 1 fully saturated rings. The molecule has 0 radical (unpaired) electrons. The quantitative estimate of drug-likeness (QED) is 0.771. The van der Waals surface area contributed by atoms with E-state index in [0.717, 1.165) is 0 Å². The number of likely N-dealkylation sites (tertiary alicyclic amines) is 1. The van der Waals surface area contributed by atoms with Gasteiger partial charge < -0.3 is 19.5 Å². The molecule has 1 N–H and O–H groups in total. The number of carbonyl (C=O) groups excluding carboxylic acids is 1. The Bertz CT molecular complexity index is 272. The second kappa shape index (κ2) is 5.16. The Morgan fingerprint density at radius 3 is 2.31 bits per heavy atom. The van der Waals surface area contributed by atoms with Crippen molar-refractivity contribution in [3.8, 4) is 0 Å². The molecule has 0 bridgehead atoms. The van der Waals surface area contributed by atoms with Gasteiger partial charge >= 0.3 is 12.1 Å². The minimum Gasteiger partial charge on any atom is -0.479 e. The number of amides is 1. The van der Waals surface area contributed by atoms with Gasteiger partial charge in [-0.3, -0.25) is 0 Å². The van der Waals surface area contributed by atoms with E-state index in [1.807, 2.05) is 0 Å². The first-order valence-electron chi connectivity index (χ1n) is 5.24. The summed E-state index contributed by atoms with van der Waals surface area (Å²) >= 11 is 0. The van der Waals surface area contributed by atoms with Gasteiger partial charge in [-0.15, -0.1) is 0 Å². The summed E-state index contributed by atoms with van der Waals surface area (Å²) in [4.78, 5) is 23.3. The third-order valence-electron chi connectivity index (χ3n) is 2.19. The molecule has 1 aliphatic rings. The van der Waals surface area contributed by atoms with Gasteiger partial charge in [0, 0.05) is 0 Å². The van der Waals surface area contributed by atoms with Crippen molar-refractivity contribution in [3.05, 3.63) is 0 Å². The first-order valence-corrected chi connectivity index (χ1v) is 5.24. The lowest BCUT2D eigenvalue weighted by Crippen LogP contribution is -2.56. The van der Waals surface area contributed by atoms with Gasteiger partial charge in [-0.2, -0.15) is 0 Å². The van der Waals surface area contributed by atoms with Crippen LogP contribution in [0.4, 0.5) is 4.79 Å². The molecule has 92 valence electrons. The smallest absolute Gasteiger partial charge is 0.410 e. The fraction of sp³-hybridized carbons (Fsp3) is 0.800. The van der Waals surface area contributed by atoms with E-state index < -0.39 is 12.1 Å². The van der Waals surface area contributed by atoms with Gasteiger partial charge in [0.15, 0.2) is 6.10 Å². The molecule has 0 aromatic heterocycles. The Labute approximate surface area is 94.1 Å². The minimum absolute atomic E-state index is 0.148. The Kier molecular flexibility index (Phi) is 4.12. The maximum absolute atomic E-state index is 11.3. The topological polar surface area (TPSA) is 76.1 Å². The number of rotatable bonds is 4. The molecule has 6 nitrogen and oxygen atoms in total. The Hall–Kier alpha value is -1.30. The van der Waals surface area contributed by atoms with Gasteiger partial charge in [-0.1, -0.05) is 0 Å². The van der Waals surface area contributed by atoms with Crippen LogP contribution in [0, 0.1) is 0 Å². The van der Waals surface area contributed by atoms with Crippen LogP contribution in [0.15, 0.2) is 0 Å². The van der Waals surface area contributed by atoms with E-state index in [-0.39, 0.29) is 18.3 Å². The van der Waals surface area contributed by atoms with Crippen molar-refractivity contribution in [2.75, 3.05) is 13.1 Å². The van der Waals surface area contributed by atoms with E-state index in [0.29, 0.717) is 13.1 Å². The average Bonchev–Trinajstić information content (AvgIpc) is 2.08. The lowest BCUT2D eigenvalue weighted by molar-refractivity contribution is -0.158. The highest BCUT2D eigenvalue weighted by atomic mass is 16.6. The first-order chi connectivity index (χ1) is 7.40. The maximum Gasteiger partial charge on any atom is 0.410 e. The number of carboxylic acids is 1. The summed E-state index contributed by atoms with van der Waals surface area (Å²) in [6.07, 6.45) is -1.57. The molecule has 0 aliphatic carbocycles. The van der Waals surface area contributed by atoms with Crippen LogP contribution in [0.5, 0.6) is 0 Å². The zero-order chi connectivity index (χ0) is 12.3. The molecule has 0 aromatic rings. The van der Waals surface area contributed by atoms with Crippen molar-refractivity contribution in [2.45, 2.75) is 39.1 Å². The highest BCUT2D eigenvalue weighted by molar-refractivity contribution is 5.72. The molecule has 1 unspecified atom stereocenters. The molecule has 1 amide bonds. The van der Waals surface area contributed by atoms with E-state index in [9.17, 15) is 9.59 Å². The summed E-state index contributed by atoms with van der Waals surface area (Å²) in [5.41, 5.74) is 0. The molecular weight excluding hydrogens is 214 g/mol. The minimum atomic E-state index is -0.997. The van der Waals surface area contributed by atoms with Gasteiger partial charge in [0.1, 0.15) is 0 Å². The number of nitrogens with zero attached hydrogens (tertiary/aromatic N) is 1. The standard InChI is InChI=1S/C10H17NO5/c1-6(2)15-10(14)11-4-8(5-11)16-7(3)9(12)13/h6-8H,4-5H2,1-3H3,(H,12,13). The molecular formula is C10H17NO5. The molecule has 6 heteroatoms. The molecule has 16 heavy (non-hydrogen) atoms. The second-order valence-electron chi connectivity index (χ2n) is 4.08. The predicted molar refractivity (Wildman–Crippen MR) is 55.2 cm³/mol. The van der Waals surface area contributed by atoms with Crippen LogP contribution in [-0.2, 0) is 14.3 Å². The number of aliphatic carboxylic acids is 1. The van der Waals surface area contributed by atoms with Crippen molar-refractivity contribution >= 4 is 12.1 Å². The largest absolute Gasteiger partial charge is 0.479 e. The molecule has 0 saturated carbocycles. The summed E-state index contributed by atoms with van der Waals surface area (Å²) in [5.74, 6) is -0.997. The van der Waals surface area contributed by atoms with E-state index in [1.165, 1.54) is 11.8 Å². The number of hydrogen-bond acceptors (Lipinski definition) is 4. The molecule has 0 spiro atoms. The molecule has 0 aromatic carbocycles. The van der Waals surface area contributed by atoms with Crippen molar-refractivity contribution in [2.24, 2.45) is 0 Å². The van der Waals surface area contributed by atoms with E-state index in [4.69, 9.17) is 14.6 Å². The molecule has 1 rings (SSSR count). The Morgan fingerprint density at radius 2 is 1.88 bits per heavy atom. The summed E-state index contributed by atoms with van der Waals surface area (Å²) in [6, 6.07) is 0.